The third-order valence-corrected chi connectivity index (χ3v) is 5.06. The molecule has 0 spiro atoms. The monoisotopic (exact) mass is 309 g/mol. The predicted octanol–water partition coefficient (Wildman–Crippen LogP) is 3.39. The lowest BCUT2D eigenvalue weighted by atomic mass is 9.99. The van der Waals surface area contributed by atoms with Crippen molar-refractivity contribution in [1.82, 2.24) is 5.32 Å². The number of unbranched alkanes of at least 4 members (excludes halogenated alkanes) is 3. The number of carbonyl (C=O) groups excluding carboxylic acids is 1. The van der Waals surface area contributed by atoms with Crippen molar-refractivity contribution in [3.8, 4) is 0 Å². The van der Waals surface area contributed by atoms with Gasteiger partial charge in [-0.3, -0.25) is 9.59 Å². The Morgan fingerprint density at radius 1 is 1.14 bits per heavy atom. The van der Waals surface area contributed by atoms with E-state index < -0.39 is 5.97 Å². The lowest BCUT2D eigenvalue weighted by molar-refractivity contribution is -0.137. The van der Waals surface area contributed by atoms with Crippen LogP contribution in [0, 0.1) is 0 Å². The molecule has 4 nitrogen and oxygen atoms in total. The van der Waals surface area contributed by atoms with E-state index in [-0.39, 0.29) is 12.3 Å². The van der Waals surface area contributed by atoms with E-state index in [9.17, 15) is 9.59 Å². The number of hydrogen-bond donors (Lipinski definition) is 2. The second kappa shape index (κ2) is 8.17. The number of carboxylic acid groups (broad SMARTS) is 1. The lowest BCUT2D eigenvalue weighted by Gasteiger charge is -2.08. The molecular weight excluding hydrogens is 286 g/mol. The number of thiophene rings is 1. The molecule has 0 aliphatic heterocycles. The van der Waals surface area contributed by atoms with Gasteiger partial charge in [0.25, 0.3) is 5.91 Å². The molecule has 0 fully saturated rings. The number of aryl methyl sites for hydroxylation is 2. The maximum absolute atomic E-state index is 12.1. The van der Waals surface area contributed by atoms with Crippen molar-refractivity contribution in [2.24, 2.45) is 0 Å². The van der Waals surface area contributed by atoms with Crippen LogP contribution >= 0.6 is 11.3 Å². The quantitative estimate of drug-likeness (QED) is 0.723. The fourth-order valence-electron chi connectivity index (χ4n) is 2.65. The van der Waals surface area contributed by atoms with Crippen molar-refractivity contribution in [1.29, 1.82) is 0 Å². The number of aliphatic carboxylic acids is 1. The number of amides is 1. The third-order valence-electron chi connectivity index (χ3n) is 3.82. The molecule has 116 valence electrons. The Kier molecular flexibility index (Phi) is 6.23. The minimum atomic E-state index is -0.732. The van der Waals surface area contributed by atoms with Crippen LogP contribution in [0.4, 0.5) is 0 Å². The van der Waals surface area contributed by atoms with Crippen molar-refractivity contribution in [2.75, 3.05) is 6.54 Å². The summed E-state index contributed by atoms with van der Waals surface area (Å²) in [6, 6.07) is 2.06. The van der Waals surface area contributed by atoms with Gasteiger partial charge in [0.05, 0.1) is 4.88 Å². The van der Waals surface area contributed by atoms with Crippen LogP contribution in [0.3, 0.4) is 0 Å². The highest BCUT2D eigenvalue weighted by molar-refractivity contribution is 7.14. The first kappa shape index (κ1) is 16.0. The second-order valence-corrected chi connectivity index (χ2v) is 6.72. The molecule has 0 bridgehead atoms. The summed E-state index contributed by atoms with van der Waals surface area (Å²) in [5.41, 5.74) is 1.37. The van der Waals surface area contributed by atoms with Gasteiger partial charge < -0.3 is 10.4 Å². The van der Waals surface area contributed by atoms with E-state index >= 15 is 0 Å². The molecule has 1 amide bonds. The van der Waals surface area contributed by atoms with Gasteiger partial charge in [-0.1, -0.05) is 12.8 Å². The molecule has 2 N–H and O–H groups in total. The largest absolute Gasteiger partial charge is 0.481 e. The van der Waals surface area contributed by atoms with Crippen LogP contribution < -0.4 is 5.32 Å². The van der Waals surface area contributed by atoms with E-state index in [4.69, 9.17) is 5.11 Å². The van der Waals surface area contributed by atoms with Crippen LogP contribution in [0.25, 0.3) is 0 Å². The van der Waals surface area contributed by atoms with Crippen LogP contribution in [0.1, 0.15) is 65.1 Å². The average Bonchev–Trinajstić information content (AvgIpc) is 2.89. The van der Waals surface area contributed by atoms with Crippen LogP contribution in [-0.4, -0.2) is 23.5 Å². The minimum absolute atomic E-state index is 0.0416. The van der Waals surface area contributed by atoms with Gasteiger partial charge in [0.15, 0.2) is 0 Å². The van der Waals surface area contributed by atoms with Gasteiger partial charge in [-0.05, 0) is 50.2 Å². The molecule has 0 unspecified atom stereocenters. The molecule has 0 saturated heterocycles. The highest BCUT2D eigenvalue weighted by Crippen LogP contribution is 2.29. The molecule has 1 aromatic heterocycles. The van der Waals surface area contributed by atoms with Gasteiger partial charge >= 0.3 is 5.97 Å². The first-order valence-corrected chi connectivity index (χ1v) is 8.60. The smallest absolute Gasteiger partial charge is 0.303 e. The number of nitrogens with one attached hydrogen (secondary N) is 1. The molecule has 2 rings (SSSR count). The molecule has 1 aliphatic rings. The normalized spacial score (nSPS) is 13.7. The summed E-state index contributed by atoms with van der Waals surface area (Å²) in [4.78, 5) is 24.7. The molecule has 1 aromatic rings. The Labute approximate surface area is 129 Å². The first-order chi connectivity index (χ1) is 10.2. The third kappa shape index (κ3) is 5.16. The molecule has 0 saturated carbocycles. The van der Waals surface area contributed by atoms with Gasteiger partial charge in [0.1, 0.15) is 0 Å². The zero-order valence-corrected chi connectivity index (χ0v) is 13.1. The summed E-state index contributed by atoms with van der Waals surface area (Å²) < 4.78 is 0. The Hall–Kier alpha value is -1.36. The summed E-state index contributed by atoms with van der Waals surface area (Å²) in [7, 11) is 0. The molecule has 5 heteroatoms. The van der Waals surface area contributed by atoms with Gasteiger partial charge in [0, 0.05) is 17.8 Å². The van der Waals surface area contributed by atoms with Crippen LogP contribution in [0.2, 0.25) is 0 Å². The summed E-state index contributed by atoms with van der Waals surface area (Å²) in [5.74, 6) is -0.690. The number of fused-ring (bicyclic) bond motifs is 1. The minimum Gasteiger partial charge on any atom is -0.481 e. The van der Waals surface area contributed by atoms with Crippen LogP contribution in [-0.2, 0) is 17.6 Å². The zero-order chi connectivity index (χ0) is 15.1. The highest BCUT2D eigenvalue weighted by Gasteiger charge is 2.16. The van der Waals surface area contributed by atoms with Crippen molar-refractivity contribution in [3.63, 3.8) is 0 Å². The standard InChI is InChI=1S/C16H23NO3S/c18-15(19)9-3-1-2-6-10-17-16(20)14-11-12-7-4-5-8-13(12)21-14/h11H,1-10H2,(H,17,20)(H,18,19). The van der Waals surface area contributed by atoms with Crippen molar-refractivity contribution < 1.29 is 14.7 Å². The number of hydrogen-bond acceptors (Lipinski definition) is 3. The molecule has 0 radical (unpaired) electrons. The topological polar surface area (TPSA) is 66.4 Å². The molecule has 21 heavy (non-hydrogen) atoms. The predicted molar refractivity (Wildman–Crippen MR) is 84.0 cm³/mol. The molecule has 1 aliphatic carbocycles. The highest BCUT2D eigenvalue weighted by atomic mass is 32.1. The molecule has 0 atom stereocenters. The fourth-order valence-corrected chi connectivity index (χ4v) is 3.82. The molecular formula is C16H23NO3S. The number of rotatable bonds is 8. The fraction of sp³-hybridized carbons (Fsp3) is 0.625. The average molecular weight is 309 g/mol. The van der Waals surface area contributed by atoms with Gasteiger partial charge in [-0.15, -0.1) is 11.3 Å². The Bertz CT molecular complexity index is 472. The van der Waals surface area contributed by atoms with E-state index in [0.29, 0.717) is 6.54 Å². The Balaban J connectivity index is 1.63. The van der Waals surface area contributed by atoms with E-state index in [0.717, 1.165) is 43.4 Å². The maximum atomic E-state index is 12.1. The van der Waals surface area contributed by atoms with Crippen LogP contribution in [0.5, 0.6) is 0 Å². The SMILES string of the molecule is O=C(O)CCCCCCNC(=O)c1cc2c(s1)CCCC2. The second-order valence-electron chi connectivity index (χ2n) is 5.58. The van der Waals surface area contributed by atoms with Crippen LogP contribution in [0.15, 0.2) is 6.07 Å². The Morgan fingerprint density at radius 3 is 2.67 bits per heavy atom. The summed E-state index contributed by atoms with van der Waals surface area (Å²) in [5, 5.41) is 11.5. The summed E-state index contributed by atoms with van der Waals surface area (Å²) in [6.07, 6.45) is 8.47. The molecule has 0 aromatic carbocycles. The number of carbonyl (C=O) groups is 2. The van der Waals surface area contributed by atoms with Crippen molar-refractivity contribution >= 4 is 23.2 Å². The van der Waals surface area contributed by atoms with Crippen molar-refractivity contribution in [3.05, 3.63) is 21.4 Å². The first-order valence-electron chi connectivity index (χ1n) is 7.78. The van der Waals surface area contributed by atoms with Crippen molar-refractivity contribution in [2.45, 2.75) is 57.8 Å². The van der Waals surface area contributed by atoms with Gasteiger partial charge in [-0.25, -0.2) is 0 Å². The van der Waals surface area contributed by atoms with E-state index in [1.165, 1.54) is 23.3 Å². The maximum Gasteiger partial charge on any atom is 0.303 e. The zero-order valence-electron chi connectivity index (χ0n) is 12.3. The summed E-state index contributed by atoms with van der Waals surface area (Å²) in [6.45, 7) is 0.675. The Morgan fingerprint density at radius 2 is 1.90 bits per heavy atom. The number of carboxylic acids is 1. The lowest BCUT2D eigenvalue weighted by Crippen LogP contribution is -2.23. The van der Waals surface area contributed by atoms with E-state index in [1.807, 2.05) is 0 Å². The van der Waals surface area contributed by atoms with E-state index in [2.05, 4.69) is 11.4 Å². The van der Waals surface area contributed by atoms with Gasteiger partial charge in [-0.2, -0.15) is 0 Å². The van der Waals surface area contributed by atoms with E-state index in [1.54, 1.807) is 11.3 Å². The summed E-state index contributed by atoms with van der Waals surface area (Å²) >= 11 is 1.64. The molecule has 1 heterocycles. The van der Waals surface area contributed by atoms with Gasteiger partial charge in [0.2, 0.25) is 0 Å².